The second kappa shape index (κ2) is 6.15. The van der Waals surface area contributed by atoms with Crippen LogP contribution in [0, 0.1) is 5.41 Å². The minimum atomic E-state index is -0.702. The molecular formula is C16H30N2O2. The topological polar surface area (TPSA) is 49.4 Å². The molecule has 0 saturated carbocycles. The van der Waals surface area contributed by atoms with Crippen molar-refractivity contribution in [1.29, 1.82) is 0 Å². The summed E-state index contributed by atoms with van der Waals surface area (Å²) >= 11 is 0. The number of piperazine rings is 1. The molecule has 1 heterocycles. The maximum atomic E-state index is 12.7. The fraction of sp³-hybridized carbons (Fsp3) is 0.875. The van der Waals surface area contributed by atoms with Crippen molar-refractivity contribution in [2.75, 3.05) is 6.54 Å². The van der Waals surface area contributed by atoms with Crippen LogP contribution in [0.3, 0.4) is 0 Å². The van der Waals surface area contributed by atoms with Crippen LogP contribution in [0.25, 0.3) is 0 Å². The van der Waals surface area contributed by atoms with E-state index < -0.39 is 5.54 Å². The molecule has 1 fully saturated rings. The van der Waals surface area contributed by atoms with Gasteiger partial charge in [0.1, 0.15) is 11.6 Å². The van der Waals surface area contributed by atoms with E-state index in [4.69, 9.17) is 0 Å². The van der Waals surface area contributed by atoms with Crippen molar-refractivity contribution in [3.8, 4) is 0 Å². The fourth-order valence-electron chi connectivity index (χ4n) is 2.57. The second-order valence-electron chi connectivity index (χ2n) is 7.24. The second-order valence-corrected chi connectivity index (χ2v) is 7.24. The highest BCUT2D eigenvalue weighted by Gasteiger charge is 2.47. The number of amides is 2. The van der Waals surface area contributed by atoms with E-state index in [1.807, 2.05) is 25.7 Å². The van der Waals surface area contributed by atoms with Gasteiger partial charge in [0.25, 0.3) is 0 Å². The summed E-state index contributed by atoms with van der Waals surface area (Å²) in [6.07, 6.45) is 3.16. The first kappa shape index (κ1) is 17.0. The smallest absolute Gasteiger partial charge is 0.246 e. The lowest BCUT2D eigenvalue weighted by atomic mass is 9.86. The number of hydrogen-bond acceptors (Lipinski definition) is 2. The van der Waals surface area contributed by atoms with Crippen molar-refractivity contribution >= 4 is 11.8 Å². The normalized spacial score (nSPS) is 27.7. The Balaban J connectivity index is 2.96. The standard InChI is InChI=1S/C16H30N2O2/c1-7-9-12-13(19)18(11-10-15(3,4)5)16(6,8-2)14(20)17-12/h12H,7-11H2,1-6H3,(H,17,20). The number of nitrogens with zero attached hydrogens (tertiary/aromatic N) is 1. The van der Waals surface area contributed by atoms with Crippen LogP contribution in [0.15, 0.2) is 0 Å². The summed E-state index contributed by atoms with van der Waals surface area (Å²) in [4.78, 5) is 26.9. The Hall–Kier alpha value is -1.06. The van der Waals surface area contributed by atoms with Crippen LogP contribution >= 0.6 is 0 Å². The van der Waals surface area contributed by atoms with Gasteiger partial charge in [0.2, 0.25) is 11.8 Å². The molecule has 4 nitrogen and oxygen atoms in total. The largest absolute Gasteiger partial charge is 0.342 e. The van der Waals surface area contributed by atoms with Gasteiger partial charge in [0.15, 0.2) is 0 Å². The third-order valence-corrected chi connectivity index (χ3v) is 4.31. The van der Waals surface area contributed by atoms with Crippen LogP contribution in [0.5, 0.6) is 0 Å². The number of rotatable bonds is 5. The third-order valence-electron chi connectivity index (χ3n) is 4.31. The molecule has 0 aliphatic carbocycles. The van der Waals surface area contributed by atoms with Crippen LogP contribution in [0.2, 0.25) is 0 Å². The molecule has 0 spiro atoms. The molecule has 116 valence electrons. The zero-order valence-corrected chi connectivity index (χ0v) is 13.9. The Labute approximate surface area is 123 Å². The van der Waals surface area contributed by atoms with Gasteiger partial charge in [0.05, 0.1) is 0 Å². The number of hydrogen-bond donors (Lipinski definition) is 1. The number of carbonyl (C=O) groups excluding carboxylic acids is 2. The first-order chi connectivity index (χ1) is 9.15. The quantitative estimate of drug-likeness (QED) is 0.843. The molecule has 20 heavy (non-hydrogen) atoms. The minimum absolute atomic E-state index is 0.00745. The van der Waals surface area contributed by atoms with Crippen molar-refractivity contribution in [1.82, 2.24) is 10.2 Å². The van der Waals surface area contributed by atoms with Crippen LogP contribution < -0.4 is 5.32 Å². The van der Waals surface area contributed by atoms with Crippen molar-refractivity contribution in [3.05, 3.63) is 0 Å². The van der Waals surface area contributed by atoms with Gasteiger partial charge in [-0.3, -0.25) is 9.59 Å². The molecule has 0 aromatic rings. The zero-order chi connectivity index (χ0) is 15.6. The first-order valence-corrected chi connectivity index (χ1v) is 7.78. The highest BCUT2D eigenvalue weighted by molar-refractivity contribution is 5.99. The minimum Gasteiger partial charge on any atom is -0.342 e. The number of nitrogens with one attached hydrogen (secondary N) is 1. The van der Waals surface area contributed by atoms with Crippen molar-refractivity contribution in [2.45, 2.75) is 78.8 Å². The van der Waals surface area contributed by atoms with Crippen molar-refractivity contribution < 1.29 is 9.59 Å². The Bertz CT molecular complexity index is 373. The highest BCUT2D eigenvalue weighted by Crippen LogP contribution is 2.29. The summed E-state index contributed by atoms with van der Waals surface area (Å²) < 4.78 is 0. The van der Waals surface area contributed by atoms with E-state index in [-0.39, 0.29) is 23.3 Å². The van der Waals surface area contributed by atoms with E-state index >= 15 is 0 Å². The summed E-state index contributed by atoms with van der Waals surface area (Å²) in [5, 5.41) is 2.91. The SMILES string of the molecule is CCCC1NC(=O)C(C)(CC)N(CCC(C)(C)C)C1=O. The zero-order valence-electron chi connectivity index (χ0n) is 13.9. The molecule has 2 unspecified atom stereocenters. The van der Waals surface area contributed by atoms with Crippen LogP contribution in [-0.4, -0.2) is 34.8 Å². The molecule has 0 aromatic carbocycles. The van der Waals surface area contributed by atoms with Crippen LogP contribution in [0.1, 0.15) is 67.2 Å². The lowest BCUT2D eigenvalue weighted by molar-refractivity contribution is -0.157. The summed E-state index contributed by atoms with van der Waals surface area (Å²) in [5.74, 6) is 0.0759. The molecule has 2 amide bonds. The van der Waals surface area contributed by atoms with E-state index in [1.54, 1.807) is 0 Å². The average molecular weight is 282 g/mol. The Morgan fingerprint density at radius 1 is 1.25 bits per heavy atom. The van der Waals surface area contributed by atoms with Gasteiger partial charge in [-0.25, -0.2) is 0 Å². The van der Waals surface area contributed by atoms with Gasteiger partial charge in [-0.2, -0.15) is 0 Å². The maximum absolute atomic E-state index is 12.7. The van der Waals surface area contributed by atoms with Gasteiger partial charge in [-0.1, -0.05) is 41.0 Å². The maximum Gasteiger partial charge on any atom is 0.246 e. The van der Waals surface area contributed by atoms with Crippen molar-refractivity contribution in [3.63, 3.8) is 0 Å². The van der Waals surface area contributed by atoms with Gasteiger partial charge < -0.3 is 10.2 Å². The molecule has 1 N–H and O–H groups in total. The molecule has 1 aliphatic heterocycles. The summed E-state index contributed by atoms with van der Waals surface area (Å²) in [6, 6.07) is -0.341. The average Bonchev–Trinajstić information content (AvgIpc) is 2.34. The Morgan fingerprint density at radius 3 is 2.30 bits per heavy atom. The Kier molecular flexibility index (Phi) is 5.22. The van der Waals surface area contributed by atoms with E-state index in [2.05, 4.69) is 26.1 Å². The van der Waals surface area contributed by atoms with E-state index in [0.29, 0.717) is 13.0 Å². The van der Waals surface area contributed by atoms with E-state index in [0.717, 1.165) is 19.3 Å². The molecule has 0 aromatic heterocycles. The van der Waals surface area contributed by atoms with Crippen molar-refractivity contribution in [2.24, 2.45) is 5.41 Å². The summed E-state index contributed by atoms with van der Waals surface area (Å²) in [6.45, 7) is 13.0. The van der Waals surface area contributed by atoms with Gasteiger partial charge in [-0.05, 0) is 31.6 Å². The molecule has 0 radical (unpaired) electrons. The molecule has 1 saturated heterocycles. The first-order valence-electron chi connectivity index (χ1n) is 7.78. The molecule has 0 bridgehead atoms. The Morgan fingerprint density at radius 2 is 1.85 bits per heavy atom. The lowest BCUT2D eigenvalue weighted by Gasteiger charge is -2.46. The molecular weight excluding hydrogens is 252 g/mol. The predicted molar refractivity (Wildman–Crippen MR) is 81.3 cm³/mol. The molecule has 2 atom stereocenters. The fourth-order valence-corrected chi connectivity index (χ4v) is 2.57. The highest BCUT2D eigenvalue weighted by atomic mass is 16.2. The van der Waals surface area contributed by atoms with E-state index in [1.165, 1.54) is 0 Å². The number of carbonyl (C=O) groups is 2. The molecule has 1 rings (SSSR count). The molecule has 1 aliphatic rings. The van der Waals surface area contributed by atoms with Crippen LogP contribution in [0.4, 0.5) is 0 Å². The monoisotopic (exact) mass is 282 g/mol. The van der Waals surface area contributed by atoms with Crippen LogP contribution in [-0.2, 0) is 9.59 Å². The van der Waals surface area contributed by atoms with Gasteiger partial charge >= 0.3 is 0 Å². The lowest BCUT2D eigenvalue weighted by Crippen LogP contribution is -2.69. The van der Waals surface area contributed by atoms with Gasteiger partial charge in [-0.15, -0.1) is 0 Å². The van der Waals surface area contributed by atoms with E-state index in [9.17, 15) is 9.59 Å². The summed E-state index contributed by atoms with van der Waals surface area (Å²) in [5.41, 5.74) is -0.546. The predicted octanol–water partition coefficient (Wildman–Crippen LogP) is 2.72. The third kappa shape index (κ3) is 3.53. The molecule has 4 heteroatoms. The van der Waals surface area contributed by atoms with Gasteiger partial charge in [0, 0.05) is 6.54 Å². The summed E-state index contributed by atoms with van der Waals surface area (Å²) in [7, 11) is 0.